The van der Waals surface area contributed by atoms with Crippen molar-refractivity contribution >= 4 is 29.0 Å². The Balaban J connectivity index is 1.86. The lowest BCUT2D eigenvalue weighted by molar-refractivity contribution is -0.118. The Labute approximate surface area is 132 Å². The number of amides is 1. The van der Waals surface area contributed by atoms with E-state index in [0.717, 1.165) is 5.56 Å². The number of benzene rings is 2. The van der Waals surface area contributed by atoms with Gasteiger partial charge in [-0.3, -0.25) is 9.59 Å². The molecule has 2 aromatic carbocycles. The topological polar surface area (TPSA) is 37.4 Å². The highest BCUT2D eigenvalue weighted by atomic mass is 35.5. The summed E-state index contributed by atoms with van der Waals surface area (Å²) in [6.45, 7) is 0.323. The summed E-state index contributed by atoms with van der Waals surface area (Å²) in [6, 6.07) is 11.0. The summed E-state index contributed by atoms with van der Waals surface area (Å²) in [4.78, 5) is 25.9. The molecule has 2 aromatic rings. The van der Waals surface area contributed by atoms with Gasteiger partial charge in [-0.1, -0.05) is 23.7 Å². The lowest BCUT2D eigenvalue weighted by Crippen LogP contribution is -2.38. The van der Waals surface area contributed by atoms with Gasteiger partial charge in [-0.25, -0.2) is 4.39 Å². The van der Waals surface area contributed by atoms with E-state index in [1.54, 1.807) is 29.2 Å². The highest BCUT2D eigenvalue weighted by Crippen LogP contribution is 2.28. The average molecular weight is 318 g/mol. The first-order valence-corrected chi connectivity index (χ1v) is 7.30. The standard InChI is InChI=1S/C17H13ClFNO2/c18-12-3-1-11(2-4-12)9-17(22)20-8-7-16(21)14-10-13(19)5-6-15(14)20/h1-6,10H,7-9H2. The van der Waals surface area contributed by atoms with Gasteiger partial charge in [-0.15, -0.1) is 0 Å². The van der Waals surface area contributed by atoms with Crippen molar-refractivity contribution in [2.45, 2.75) is 12.8 Å². The van der Waals surface area contributed by atoms with Crippen LogP contribution in [0.5, 0.6) is 0 Å². The molecule has 0 aromatic heterocycles. The van der Waals surface area contributed by atoms with Crippen molar-refractivity contribution in [3.8, 4) is 0 Å². The molecule has 0 unspecified atom stereocenters. The van der Waals surface area contributed by atoms with E-state index < -0.39 is 5.82 Å². The first kappa shape index (κ1) is 14.7. The number of Topliss-reactive ketones (excluding diaryl/α,β-unsaturated/α-hetero) is 1. The molecule has 0 fully saturated rings. The summed E-state index contributed by atoms with van der Waals surface area (Å²) >= 11 is 5.83. The minimum Gasteiger partial charge on any atom is -0.311 e. The summed E-state index contributed by atoms with van der Waals surface area (Å²) in [5, 5.41) is 0.612. The van der Waals surface area contributed by atoms with E-state index in [9.17, 15) is 14.0 Å². The zero-order valence-corrected chi connectivity index (χ0v) is 12.4. The van der Waals surface area contributed by atoms with Gasteiger partial charge in [0.05, 0.1) is 12.1 Å². The number of anilines is 1. The quantitative estimate of drug-likeness (QED) is 0.848. The third-order valence-corrected chi connectivity index (χ3v) is 3.93. The normalized spacial score (nSPS) is 13.9. The molecule has 22 heavy (non-hydrogen) atoms. The number of hydrogen-bond acceptors (Lipinski definition) is 2. The van der Waals surface area contributed by atoms with E-state index in [-0.39, 0.29) is 30.1 Å². The van der Waals surface area contributed by atoms with Crippen LogP contribution in [0.25, 0.3) is 0 Å². The number of fused-ring (bicyclic) bond motifs is 1. The number of halogens is 2. The molecule has 0 aliphatic carbocycles. The first-order valence-electron chi connectivity index (χ1n) is 6.92. The minimum atomic E-state index is -0.473. The predicted molar refractivity (Wildman–Crippen MR) is 82.9 cm³/mol. The van der Waals surface area contributed by atoms with E-state index in [1.807, 2.05) is 0 Å². The fourth-order valence-corrected chi connectivity index (χ4v) is 2.69. The Morgan fingerprint density at radius 3 is 2.64 bits per heavy atom. The smallest absolute Gasteiger partial charge is 0.231 e. The molecular formula is C17H13ClFNO2. The molecule has 0 saturated carbocycles. The summed E-state index contributed by atoms with van der Waals surface area (Å²) in [6.07, 6.45) is 0.422. The molecule has 0 bridgehead atoms. The molecule has 0 radical (unpaired) electrons. The Kier molecular flexibility index (Phi) is 3.94. The molecule has 0 spiro atoms. The summed E-state index contributed by atoms with van der Waals surface area (Å²) < 4.78 is 13.3. The van der Waals surface area contributed by atoms with Gasteiger partial charge in [0.15, 0.2) is 5.78 Å². The molecule has 1 amide bonds. The number of hydrogen-bond donors (Lipinski definition) is 0. The fraction of sp³-hybridized carbons (Fsp3) is 0.176. The Hall–Kier alpha value is -2.20. The first-order chi connectivity index (χ1) is 10.5. The maximum atomic E-state index is 13.3. The minimum absolute atomic E-state index is 0.123. The third kappa shape index (κ3) is 2.88. The summed E-state index contributed by atoms with van der Waals surface area (Å²) in [5.41, 5.74) is 1.60. The van der Waals surface area contributed by atoms with E-state index in [0.29, 0.717) is 17.3 Å². The number of ketones is 1. The molecule has 3 nitrogen and oxygen atoms in total. The molecule has 3 rings (SSSR count). The molecule has 0 saturated heterocycles. The molecule has 1 aliphatic rings. The highest BCUT2D eigenvalue weighted by molar-refractivity contribution is 6.30. The van der Waals surface area contributed by atoms with Crippen molar-refractivity contribution in [1.82, 2.24) is 0 Å². The van der Waals surface area contributed by atoms with Gasteiger partial charge in [0.1, 0.15) is 5.82 Å². The van der Waals surface area contributed by atoms with Crippen LogP contribution < -0.4 is 4.90 Å². The Morgan fingerprint density at radius 1 is 1.18 bits per heavy atom. The summed E-state index contributed by atoms with van der Waals surface area (Å²) in [5.74, 6) is -0.730. The lowest BCUT2D eigenvalue weighted by Gasteiger charge is -2.28. The van der Waals surface area contributed by atoms with Crippen LogP contribution in [0.1, 0.15) is 22.3 Å². The van der Waals surface area contributed by atoms with Crippen molar-refractivity contribution in [2.75, 3.05) is 11.4 Å². The van der Waals surface area contributed by atoms with Crippen LogP contribution in [-0.2, 0) is 11.2 Å². The number of nitrogens with zero attached hydrogens (tertiary/aromatic N) is 1. The number of carbonyl (C=O) groups is 2. The SMILES string of the molecule is O=C1CCN(C(=O)Cc2ccc(Cl)cc2)c2ccc(F)cc21. The molecule has 112 valence electrons. The second-order valence-corrected chi connectivity index (χ2v) is 5.62. The Bertz CT molecular complexity index is 743. The van der Waals surface area contributed by atoms with E-state index in [1.165, 1.54) is 18.2 Å². The van der Waals surface area contributed by atoms with Gasteiger partial charge < -0.3 is 4.90 Å². The van der Waals surface area contributed by atoms with Crippen molar-refractivity contribution < 1.29 is 14.0 Å². The van der Waals surface area contributed by atoms with Gasteiger partial charge in [0.2, 0.25) is 5.91 Å². The van der Waals surface area contributed by atoms with E-state index in [4.69, 9.17) is 11.6 Å². The predicted octanol–water partition coefficient (Wildman–Crippen LogP) is 3.64. The summed E-state index contributed by atoms with van der Waals surface area (Å²) in [7, 11) is 0. The maximum Gasteiger partial charge on any atom is 0.231 e. The van der Waals surface area contributed by atoms with Crippen LogP contribution in [0.3, 0.4) is 0 Å². The van der Waals surface area contributed by atoms with Crippen molar-refractivity contribution in [1.29, 1.82) is 0 Å². The van der Waals surface area contributed by atoms with Crippen LogP contribution in [0.2, 0.25) is 5.02 Å². The zero-order chi connectivity index (χ0) is 15.7. The molecule has 5 heteroatoms. The lowest BCUT2D eigenvalue weighted by atomic mass is 9.99. The fourth-order valence-electron chi connectivity index (χ4n) is 2.57. The number of rotatable bonds is 2. The van der Waals surface area contributed by atoms with E-state index >= 15 is 0 Å². The highest BCUT2D eigenvalue weighted by Gasteiger charge is 2.27. The van der Waals surface area contributed by atoms with Gasteiger partial charge in [-0.2, -0.15) is 0 Å². The van der Waals surface area contributed by atoms with Gasteiger partial charge in [0, 0.05) is 23.6 Å². The van der Waals surface area contributed by atoms with Gasteiger partial charge >= 0.3 is 0 Å². The number of carbonyl (C=O) groups excluding carboxylic acids is 2. The second-order valence-electron chi connectivity index (χ2n) is 5.18. The molecule has 0 atom stereocenters. The zero-order valence-electron chi connectivity index (χ0n) is 11.7. The van der Waals surface area contributed by atoms with Crippen LogP contribution in [-0.4, -0.2) is 18.2 Å². The largest absolute Gasteiger partial charge is 0.311 e. The van der Waals surface area contributed by atoms with Gasteiger partial charge in [0.25, 0.3) is 0 Å². The van der Waals surface area contributed by atoms with Crippen LogP contribution in [0.15, 0.2) is 42.5 Å². The average Bonchev–Trinajstić information content (AvgIpc) is 2.50. The van der Waals surface area contributed by atoms with E-state index in [2.05, 4.69) is 0 Å². The van der Waals surface area contributed by atoms with Crippen molar-refractivity contribution in [3.05, 3.63) is 64.4 Å². The molecule has 0 N–H and O–H groups in total. The van der Waals surface area contributed by atoms with Crippen LogP contribution in [0, 0.1) is 5.82 Å². The third-order valence-electron chi connectivity index (χ3n) is 3.68. The van der Waals surface area contributed by atoms with Crippen LogP contribution in [0.4, 0.5) is 10.1 Å². The monoisotopic (exact) mass is 317 g/mol. The molecular weight excluding hydrogens is 305 g/mol. The Morgan fingerprint density at radius 2 is 1.91 bits per heavy atom. The van der Waals surface area contributed by atoms with Crippen LogP contribution >= 0.6 is 11.6 Å². The van der Waals surface area contributed by atoms with Crippen molar-refractivity contribution in [2.24, 2.45) is 0 Å². The molecule has 1 aliphatic heterocycles. The van der Waals surface area contributed by atoms with Gasteiger partial charge in [-0.05, 0) is 35.9 Å². The second kappa shape index (κ2) is 5.89. The van der Waals surface area contributed by atoms with Crippen molar-refractivity contribution in [3.63, 3.8) is 0 Å². The maximum absolute atomic E-state index is 13.3. The molecule has 1 heterocycles.